The van der Waals surface area contributed by atoms with E-state index in [1.807, 2.05) is 12.1 Å². The number of aliphatic hydroxyl groups is 1. The summed E-state index contributed by atoms with van der Waals surface area (Å²) in [5.74, 6) is -0.00166. The molecule has 1 saturated carbocycles. The lowest BCUT2D eigenvalue weighted by atomic mass is 9.68. The molecule has 2 aliphatic heterocycles. The van der Waals surface area contributed by atoms with Gasteiger partial charge in [-0.05, 0) is 97.7 Å². The van der Waals surface area contributed by atoms with Crippen molar-refractivity contribution in [2.75, 3.05) is 31.7 Å². The molecule has 2 heterocycles. The molecule has 1 spiro atoms. The number of halogens is 1. The number of rotatable bonds is 2. The maximum Gasteiger partial charge on any atom is 0.264 e. The minimum absolute atomic E-state index is 0.0808. The zero-order valence-electron chi connectivity index (χ0n) is 25.7. The maximum atomic E-state index is 13.6. The number of aliphatic hydroxyl groups excluding tert-OH is 1. The quantitative estimate of drug-likeness (QED) is 0.431. The molecule has 2 aromatic rings. The van der Waals surface area contributed by atoms with Crippen molar-refractivity contribution in [1.82, 2.24) is 4.72 Å². The van der Waals surface area contributed by atoms with Gasteiger partial charge in [-0.3, -0.25) is 4.79 Å². The number of anilines is 1. The van der Waals surface area contributed by atoms with Gasteiger partial charge in [-0.25, -0.2) is 13.1 Å². The Kier molecular flexibility index (Phi) is 8.78. The molecular formula is C34H43ClN2O6S. The molecule has 8 nitrogen and oxygen atoms in total. The van der Waals surface area contributed by atoms with Crippen LogP contribution in [0.1, 0.15) is 67.4 Å². The average Bonchev–Trinajstić information content (AvgIpc) is 3.10. The van der Waals surface area contributed by atoms with E-state index in [0.29, 0.717) is 31.9 Å². The number of fused-ring (bicyclic) bond motifs is 4. The van der Waals surface area contributed by atoms with E-state index in [-0.39, 0.29) is 28.7 Å². The van der Waals surface area contributed by atoms with E-state index in [1.165, 1.54) is 18.2 Å². The second-order valence-corrected chi connectivity index (χ2v) is 15.7. The molecule has 238 valence electrons. The number of carbonyl (C=O) groups is 1. The van der Waals surface area contributed by atoms with Crippen molar-refractivity contribution in [3.8, 4) is 5.75 Å². The minimum Gasteiger partial charge on any atom is -0.490 e. The van der Waals surface area contributed by atoms with Crippen LogP contribution in [0.5, 0.6) is 5.75 Å². The van der Waals surface area contributed by atoms with Gasteiger partial charge < -0.3 is 19.5 Å². The number of hydrogen-bond acceptors (Lipinski definition) is 7. The van der Waals surface area contributed by atoms with E-state index in [0.717, 1.165) is 42.8 Å². The third-order valence-corrected chi connectivity index (χ3v) is 12.6. The largest absolute Gasteiger partial charge is 0.490 e. The highest BCUT2D eigenvalue weighted by atomic mass is 35.5. The zero-order valence-corrected chi connectivity index (χ0v) is 27.2. The van der Waals surface area contributed by atoms with Crippen LogP contribution in [0.2, 0.25) is 5.02 Å². The van der Waals surface area contributed by atoms with Crippen LogP contribution in [-0.4, -0.2) is 63.7 Å². The summed E-state index contributed by atoms with van der Waals surface area (Å²) in [5, 5.41) is 11.0. The van der Waals surface area contributed by atoms with Crippen LogP contribution in [0.15, 0.2) is 48.6 Å². The third kappa shape index (κ3) is 5.88. The fourth-order valence-corrected chi connectivity index (χ4v) is 9.96. The molecule has 4 aliphatic rings. The van der Waals surface area contributed by atoms with Gasteiger partial charge in [0.15, 0.2) is 0 Å². The van der Waals surface area contributed by atoms with Gasteiger partial charge in [0.1, 0.15) is 11.0 Å². The average molecular weight is 643 g/mol. The number of benzene rings is 2. The highest BCUT2D eigenvalue weighted by Crippen LogP contribution is 2.46. The monoisotopic (exact) mass is 642 g/mol. The van der Waals surface area contributed by atoms with Gasteiger partial charge in [0, 0.05) is 36.2 Å². The first-order valence-corrected chi connectivity index (χ1v) is 17.7. The molecule has 2 N–H and O–H groups in total. The first-order chi connectivity index (χ1) is 21.0. The van der Waals surface area contributed by atoms with Crippen molar-refractivity contribution in [3.63, 3.8) is 0 Å². The van der Waals surface area contributed by atoms with E-state index in [9.17, 15) is 18.3 Å². The number of nitrogens with one attached hydrogen (secondary N) is 1. The van der Waals surface area contributed by atoms with Gasteiger partial charge in [-0.1, -0.05) is 43.7 Å². The Morgan fingerprint density at radius 1 is 1.18 bits per heavy atom. The standard InChI is InChI=1S/C34H43ClN2O6S/c1-21(2)32-31(42-3)8-4-7-29(38)26-12-9-24(26)18-37-19-34(15-5-6-22-16-25(35)11-13-27(22)34)20-43-30-14-10-23(17-28(30)37)33(39)36-44(32,40)41/h4,7,10-11,13-14,16-17,21,24,26,29,31-32,38H,5-6,8-9,12,15,18-20H2,1-3H3,(H,36,39)/b7-4+/t24-,26?,29-,31+,32+,34-/m0/s1. The van der Waals surface area contributed by atoms with Crippen LogP contribution in [0.3, 0.4) is 0 Å². The normalized spacial score (nSPS) is 32.5. The molecule has 10 heteroatoms. The number of methoxy groups -OCH3 is 1. The van der Waals surface area contributed by atoms with Crippen LogP contribution < -0.4 is 14.4 Å². The Balaban J connectivity index is 1.43. The van der Waals surface area contributed by atoms with Crippen molar-refractivity contribution in [3.05, 3.63) is 70.3 Å². The molecule has 0 radical (unpaired) electrons. The molecule has 1 fully saturated rings. The molecular weight excluding hydrogens is 600 g/mol. The van der Waals surface area contributed by atoms with E-state index in [4.69, 9.17) is 21.1 Å². The summed E-state index contributed by atoms with van der Waals surface area (Å²) in [6.07, 6.45) is 7.43. The van der Waals surface area contributed by atoms with Crippen LogP contribution in [0, 0.1) is 17.8 Å². The third-order valence-electron chi connectivity index (χ3n) is 10.3. The number of aryl methyl sites for hydroxylation is 1. The summed E-state index contributed by atoms with van der Waals surface area (Å²) in [6, 6.07) is 11.3. The summed E-state index contributed by atoms with van der Waals surface area (Å²) in [4.78, 5) is 15.9. The Labute approximate surface area is 265 Å². The fourth-order valence-electron chi connectivity index (χ4n) is 7.91. The summed E-state index contributed by atoms with van der Waals surface area (Å²) >= 11 is 6.40. The minimum atomic E-state index is -4.11. The number of ether oxygens (including phenoxy) is 2. The van der Waals surface area contributed by atoms with Gasteiger partial charge in [-0.15, -0.1) is 0 Å². The van der Waals surface area contributed by atoms with E-state index in [2.05, 4.69) is 21.8 Å². The Bertz CT molecular complexity index is 1540. The first-order valence-electron chi connectivity index (χ1n) is 15.8. The Morgan fingerprint density at radius 2 is 2.00 bits per heavy atom. The molecule has 6 rings (SSSR count). The molecule has 0 saturated heterocycles. The van der Waals surface area contributed by atoms with Crippen molar-refractivity contribution >= 4 is 33.2 Å². The summed E-state index contributed by atoms with van der Waals surface area (Å²) in [6.45, 7) is 5.47. The summed E-state index contributed by atoms with van der Waals surface area (Å²) < 4.78 is 41.8. The van der Waals surface area contributed by atoms with Gasteiger partial charge in [0.05, 0.1) is 24.5 Å². The predicted octanol–water partition coefficient (Wildman–Crippen LogP) is 5.26. The topological polar surface area (TPSA) is 105 Å². The number of sulfonamides is 1. The highest BCUT2D eigenvalue weighted by molar-refractivity contribution is 7.90. The van der Waals surface area contributed by atoms with Crippen molar-refractivity contribution in [2.24, 2.45) is 17.8 Å². The van der Waals surface area contributed by atoms with Crippen LogP contribution in [0.25, 0.3) is 0 Å². The van der Waals surface area contributed by atoms with Crippen LogP contribution in [0.4, 0.5) is 5.69 Å². The lowest BCUT2D eigenvalue weighted by Crippen LogP contribution is -2.49. The molecule has 1 amide bonds. The maximum absolute atomic E-state index is 13.6. The Morgan fingerprint density at radius 3 is 2.73 bits per heavy atom. The molecule has 1 unspecified atom stereocenters. The predicted molar refractivity (Wildman–Crippen MR) is 172 cm³/mol. The second-order valence-electron chi connectivity index (χ2n) is 13.4. The number of hydrogen-bond donors (Lipinski definition) is 2. The fraction of sp³-hybridized carbons (Fsp3) is 0.559. The number of nitrogens with zero attached hydrogens (tertiary/aromatic N) is 1. The van der Waals surface area contributed by atoms with Gasteiger partial charge in [-0.2, -0.15) is 0 Å². The molecule has 2 aromatic carbocycles. The molecule has 2 aliphatic carbocycles. The van der Waals surface area contributed by atoms with Gasteiger partial charge in [0.25, 0.3) is 5.91 Å². The first kappa shape index (κ1) is 31.4. The van der Waals surface area contributed by atoms with Gasteiger partial charge >= 0.3 is 0 Å². The molecule has 0 aromatic heterocycles. The van der Waals surface area contributed by atoms with Crippen LogP contribution in [-0.2, 0) is 26.6 Å². The van der Waals surface area contributed by atoms with Crippen molar-refractivity contribution in [2.45, 2.75) is 75.2 Å². The molecule has 2 bridgehead atoms. The number of carbonyl (C=O) groups excluding carboxylic acids is 1. The second kappa shape index (κ2) is 12.3. The van der Waals surface area contributed by atoms with E-state index in [1.54, 1.807) is 38.1 Å². The smallest absolute Gasteiger partial charge is 0.264 e. The zero-order chi connectivity index (χ0) is 31.2. The lowest BCUT2D eigenvalue weighted by molar-refractivity contribution is 0.0450. The highest BCUT2D eigenvalue weighted by Gasteiger charge is 2.44. The van der Waals surface area contributed by atoms with E-state index >= 15 is 0 Å². The van der Waals surface area contributed by atoms with Crippen molar-refractivity contribution in [1.29, 1.82) is 0 Å². The van der Waals surface area contributed by atoms with Crippen LogP contribution >= 0.6 is 11.6 Å². The van der Waals surface area contributed by atoms with Crippen molar-refractivity contribution < 1.29 is 27.8 Å². The summed E-state index contributed by atoms with van der Waals surface area (Å²) in [7, 11) is -2.63. The molecule has 6 atom stereocenters. The van der Waals surface area contributed by atoms with Gasteiger partial charge in [0.2, 0.25) is 10.0 Å². The number of amides is 1. The lowest BCUT2D eigenvalue weighted by Gasteiger charge is -2.45. The van der Waals surface area contributed by atoms with E-state index < -0.39 is 33.4 Å². The molecule has 44 heavy (non-hydrogen) atoms. The Hall–Kier alpha value is -2.59. The SMILES string of the molecule is CO[C@@H]1C/C=C/[C@H](O)C2CC[C@H]2CN2C[C@@]3(CCCc4cc(Cl)ccc43)COc3ccc(cc32)C(=O)NS(=O)(=O)[C@@H]1C(C)C. The summed E-state index contributed by atoms with van der Waals surface area (Å²) in [5.41, 5.74) is 3.24.